The SMILES string of the molecule is Cc1ccc(Oc2ccc(OCC(=O)Nc3cccc(C)c3)cc2)cc1. The molecule has 0 atom stereocenters. The van der Waals surface area contributed by atoms with Crippen molar-refractivity contribution < 1.29 is 14.3 Å². The molecule has 0 aliphatic carbocycles. The molecule has 0 radical (unpaired) electrons. The zero-order valence-electron chi connectivity index (χ0n) is 14.9. The smallest absolute Gasteiger partial charge is 0.262 e. The molecule has 0 unspecified atom stereocenters. The van der Waals surface area contributed by atoms with E-state index < -0.39 is 0 Å². The van der Waals surface area contributed by atoms with Crippen molar-refractivity contribution in [3.63, 3.8) is 0 Å². The van der Waals surface area contributed by atoms with Gasteiger partial charge in [-0.2, -0.15) is 0 Å². The summed E-state index contributed by atoms with van der Waals surface area (Å²) in [5, 5.41) is 2.81. The van der Waals surface area contributed by atoms with E-state index in [4.69, 9.17) is 9.47 Å². The van der Waals surface area contributed by atoms with Gasteiger partial charge in [0.2, 0.25) is 0 Å². The molecule has 1 N–H and O–H groups in total. The first-order valence-corrected chi connectivity index (χ1v) is 8.42. The predicted molar refractivity (Wildman–Crippen MR) is 103 cm³/mol. The second kappa shape index (κ2) is 8.21. The average molecular weight is 347 g/mol. The normalized spacial score (nSPS) is 10.2. The van der Waals surface area contributed by atoms with E-state index in [0.29, 0.717) is 11.5 Å². The fourth-order valence-electron chi connectivity index (χ4n) is 2.42. The Bertz CT molecular complexity index is 871. The third-order valence-corrected chi connectivity index (χ3v) is 3.75. The maximum absolute atomic E-state index is 12.0. The minimum Gasteiger partial charge on any atom is -0.484 e. The molecule has 3 aromatic carbocycles. The van der Waals surface area contributed by atoms with E-state index >= 15 is 0 Å². The maximum atomic E-state index is 12.0. The van der Waals surface area contributed by atoms with Crippen LogP contribution in [0, 0.1) is 13.8 Å². The number of nitrogens with one attached hydrogen (secondary N) is 1. The fraction of sp³-hybridized carbons (Fsp3) is 0.136. The van der Waals surface area contributed by atoms with Gasteiger partial charge in [-0.15, -0.1) is 0 Å². The third-order valence-electron chi connectivity index (χ3n) is 3.75. The van der Waals surface area contributed by atoms with Gasteiger partial charge in [0.05, 0.1) is 0 Å². The van der Waals surface area contributed by atoms with Gasteiger partial charge >= 0.3 is 0 Å². The van der Waals surface area contributed by atoms with E-state index in [1.165, 1.54) is 5.56 Å². The Morgan fingerprint density at radius 3 is 2.08 bits per heavy atom. The molecule has 4 heteroatoms. The molecule has 3 rings (SSSR count). The summed E-state index contributed by atoms with van der Waals surface area (Å²) in [6, 6.07) is 22.7. The molecule has 4 nitrogen and oxygen atoms in total. The zero-order chi connectivity index (χ0) is 18.4. The number of anilines is 1. The second-order valence-corrected chi connectivity index (χ2v) is 6.09. The first-order chi connectivity index (χ1) is 12.6. The fourth-order valence-corrected chi connectivity index (χ4v) is 2.42. The number of rotatable bonds is 6. The Morgan fingerprint density at radius 1 is 0.808 bits per heavy atom. The van der Waals surface area contributed by atoms with Crippen molar-refractivity contribution in [3.8, 4) is 17.2 Å². The molecular formula is C22H21NO3. The Balaban J connectivity index is 1.51. The van der Waals surface area contributed by atoms with Crippen molar-refractivity contribution in [1.29, 1.82) is 0 Å². The molecule has 0 aromatic heterocycles. The third kappa shape index (κ3) is 5.11. The van der Waals surface area contributed by atoms with Gasteiger partial charge in [0.25, 0.3) is 5.91 Å². The Labute approximate surface area is 153 Å². The quantitative estimate of drug-likeness (QED) is 0.674. The number of carbonyl (C=O) groups excluding carboxylic acids is 1. The van der Waals surface area contributed by atoms with Crippen LogP contribution in [0.15, 0.2) is 72.8 Å². The predicted octanol–water partition coefficient (Wildman–Crippen LogP) is 5.11. The summed E-state index contributed by atoms with van der Waals surface area (Å²) < 4.78 is 11.3. The highest BCUT2D eigenvalue weighted by Gasteiger charge is 2.05. The molecular weight excluding hydrogens is 326 g/mol. The summed E-state index contributed by atoms with van der Waals surface area (Å²) >= 11 is 0. The van der Waals surface area contributed by atoms with Crippen LogP contribution in [0.2, 0.25) is 0 Å². The Hall–Kier alpha value is -3.27. The number of benzene rings is 3. The number of amides is 1. The van der Waals surface area contributed by atoms with E-state index in [0.717, 1.165) is 17.0 Å². The van der Waals surface area contributed by atoms with Crippen LogP contribution in [-0.4, -0.2) is 12.5 Å². The van der Waals surface area contributed by atoms with Gasteiger partial charge < -0.3 is 14.8 Å². The van der Waals surface area contributed by atoms with Crippen LogP contribution in [-0.2, 0) is 4.79 Å². The molecule has 0 aliphatic heterocycles. The van der Waals surface area contributed by atoms with E-state index in [1.54, 1.807) is 12.1 Å². The summed E-state index contributed by atoms with van der Waals surface area (Å²) in [5.41, 5.74) is 3.04. The van der Waals surface area contributed by atoms with Gasteiger partial charge in [-0.1, -0.05) is 29.8 Å². The Kier molecular flexibility index (Phi) is 5.54. The van der Waals surface area contributed by atoms with Crippen molar-refractivity contribution in [1.82, 2.24) is 0 Å². The minimum atomic E-state index is -0.199. The second-order valence-electron chi connectivity index (χ2n) is 6.09. The summed E-state index contributed by atoms with van der Waals surface area (Å²) in [6.45, 7) is 3.96. The van der Waals surface area contributed by atoms with Gasteiger partial charge in [-0.3, -0.25) is 4.79 Å². The van der Waals surface area contributed by atoms with Crippen molar-refractivity contribution in [2.75, 3.05) is 11.9 Å². The molecule has 0 heterocycles. The molecule has 0 fully saturated rings. The van der Waals surface area contributed by atoms with Gasteiger partial charge in [-0.25, -0.2) is 0 Å². The van der Waals surface area contributed by atoms with Crippen molar-refractivity contribution in [2.24, 2.45) is 0 Å². The van der Waals surface area contributed by atoms with Crippen molar-refractivity contribution >= 4 is 11.6 Å². The lowest BCUT2D eigenvalue weighted by Crippen LogP contribution is -2.20. The summed E-state index contributed by atoms with van der Waals surface area (Å²) in [7, 11) is 0. The summed E-state index contributed by atoms with van der Waals surface area (Å²) in [5.74, 6) is 1.91. The molecule has 0 aliphatic rings. The highest BCUT2D eigenvalue weighted by atomic mass is 16.5. The van der Waals surface area contributed by atoms with Crippen LogP contribution in [0.5, 0.6) is 17.2 Å². The van der Waals surface area contributed by atoms with Gasteiger partial charge in [0, 0.05) is 5.69 Å². The lowest BCUT2D eigenvalue weighted by molar-refractivity contribution is -0.118. The topological polar surface area (TPSA) is 47.6 Å². The first-order valence-electron chi connectivity index (χ1n) is 8.42. The standard InChI is InChI=1S/C22H21NO3/c1-16-6-8-20(9-7-16)26-21-12-10-19(11-13-21)25-15-22(24)23-18-5-3-4-17(2)14-18/h3-14H,15H2,1-2H3,(H,23,24). The number of aryl methyl sites for hydroxylation is 2. The van der Waals surface area contributed by atoms with Crippen LogP contribution in [0.25, 0.3) is 0 Å². The molecule has 0 spiro atoms. The van der Waals surface area contributed by atoms with Gasteiger partial charge in [0.15, 0.2) is 6.61 Å². The van der Waals surface area contributed by atoms with Crippen molar-refractivity contribution in [3.05, 3.63) is 83.9 Å². The van der Waals surface area contributed by atoms with Crippen LogP contribution >= 0.6 is 0 Å². The monoisotopic (exact) mass is 347 g/mol. The van der Waals surface area contributed by atoms with E-state index in [2.05, 4.69) is 5.32 Å². The lowest BCUT2D eigenvalue weighted by Gasteiger charge is -2.09. The number of hydrogen-bond acceptors (Lipinski definition) is 3. The Morgan fingerprint density at radius 2 is 1.42 bits per heavy atom. The summed E-state index contributed by atoms with van der Waals surface area (Å²) in [6.07, 6.45) is 0. The van der Waals surface area contributed by atoms with Crippen LogP contribution in [0.4, 0.5) is 5.69 Å². The molecule has 3 aromatic rings. The molecule has 26 heavy (non-hydrogen) atoms. The number of hydrogen-bond donors (Lipinski definition) is 1. The van der Waals surface area contributed by atoms with Crippen LogP contribution in [0.1, 0.15) is 11.1 Å². The highest BCUT2D eigenvalue weighted by molar-refractivity contribution is 5.91. The molecule has 1 amide bonds. The average Bonchev–Trinajstić information content (AvgIpc) is 2.63. The number of carbonyl (C=O) groups is 1. The van der Waals surface area contributed by atoms with Crippen molar-refractivity contribution in [2.45, 2.75) is 13.8 Å². The van der Waals surface area contributed by atoms with Crippen LogP contribution < -0.4 is 14.8 Å². The molecule has 0 saturated heterocycles. The lowest BCUT2D eigenvalue weighted by atomic mass is 10.2. The first kappa shape index (κ1) is 17.5. The highest BCUT2D eigenvalue weighted by Crippen LogP contribution is 2.24. The molecule has 0 bridgehead atoms. The van der Waals surface area contributed by atoms with E-state index in [1.807, 2.05) is 74.5 Å². The number of ether oxygens (including phenoxy) is 2. The van der Waals surface area contributed by atoms with Gasteiger partial charge in [0.1, 0.15) is 17.2 Å². The maximum Gasteiger partial charge on any atom is 0.262 e. The van der Waals surface area contributed by atoms with E-state index in [9.17, 15) is 4.79 Å². The molecule has 0 saturated carbocycles. The zero-order valence-corrected chi connectivity index (χ0v) is 14.9. The minimum absolute atomic E-state index is 0.0495. The van der Waals surface area contributed by atoms with Gasteiger partial charge in [-0.05, 0) is 67.9 Å². The largest absolute Gasteiger partial charge is 0.484 e. The van der Waals surface area contributed by atoms with Crippen LogP contribution in [0.3, 0.4) is 0 Å². The summed E-state index contributed by atoms with van der Waals surface area (Å²) in [4.78, 5) is 12.0. The molecule has 132 valence electrons. The van der Waals surface area contributed by atoms with E-state index in [-0.39, 0.29) is 12.5 Å².